The summed E-state index contributed by atoms with van der Waals surface area (Å²) in [5, 5.41) is 7.94. The third-order valence-electron chi connectivity index (χ3n) is 5.60. The van der Waals surface area contributed by atoms with E-state index in [1.54, 1.807) is 6.92 Å². The van der Waals surface area contributed by atoms with Crippen LogP contribution in [0.4, 0.5) is 4.79 Å². The van der Waals surface area contributed by atoms with Gasteiger partial charge in [0.15, 0.2) is 0 Å². The zero-order chi connectivity index (χ0) is 18.9. The number of aromatic nitrogens is 2. The Balaban J connectivity index is 1.32. The van der Waals surface area contributed by atoms with Crippen molar-refractivity contribution >= 4 is 6.09 Å². The number of hydrogen-bond acceptors (Lipinski definition) is 6. The van der Waals surface area contributed by atoms with E-state index in [9.17, 15) is 4.79 Å². The van der Waals surface area contributed by atoms with Crippen LogP contribution in [0, 0.1) is 6.92 Å². The molecule has 0 bridgehead atoms. The number of likely N-dealkylation sites (tertiary alicyclic amines) is 1. The molecule has 3 heterocycles. The molecule has 1 spiro atoms. The standard InChI is InChI=1S/C20H26N4O3/c1-15(17-6-4-3-5-7-17)12-24-14-20(27-19(24)25)8-10-23(11-9-20)13-18-22-21-16(2)26-18/h3-7,15H,8-14H2,1-2H3/t15-/m1/s1. The van der Waals surface area contributed by atoms with E-state index in [0.717, 1.165) is 25.9 Å². The molecule has 2 saturated heterocycles. The third-order valence-corrected chi connectivity index (χ3v) is 5.60. The van der Waals surface area contributed by atoms with Gasteiger partial charge in [-0.15, -0.1) is 10.2 Å². The summed E-state index contributed by atoms with van der Waals surface area (Å²) in [4.78, 5) is 16.6. The predicted molar refractivity (Wildman–Crippen MR) is 99.2 cm³/mol. The van der Waals surface area contributed by atoms with Crippen molar-refractivity contribution in [2.75, 3.05) is 26.2 Å². The number of hydrogen-bond donors (Lipinski definition) is 0. The minimum Gasteiger partial charge on any atom is -0.441 e. The minimum absolute atomic E-state index is 0.182. The normalized spacial score (nSPS) is 20.8. The van der Waals surface area contributed by atoms with E-state index in [4.69, 9.17) is 9.15 Å². The Morgan fingerprint density at radius 1 is 1.19 bits per heavy atom. The maximum absolute atomic E-state index is 12.4. The van der Waals surface area contributed by atoms with Crippen LogP contribution in [0.2, 0.25) is 0 Å². The number of piperidine rings is 1. The number of nitrogens with zero attached hydrogens (tertiary/aromatic N) is 4. The summed E-state index contributed by atoms with van der Waals surface area (Å²) in [5.74, 6) is 1.52. The van der Waals surface area contributed by atoms with Crippen LogP contribution >= 0.6 is 0 Å². The molecule has 1 atom stereocenters. The lowest BCUT2D eigenvalue weighted by Crippen LogP contribution is -2.46. The van der Waals surface area contributed by atoms with Gasteiger partial charge in [-0.3, -0.25) is 4.90 Å². The fourth-order valence-electron chi connectivity index (χ4n) is 4.02. The molecule has 1 amide bonds. The summed E-state index contributed by atoms with van der Waals surface area (Å²) in [6.07, 6.45) is 1.49. The first-order valence-electron chi connectivity index (χ1n) is 9.57. The molecule has 2 aromatic rings. The van der Waals surface area contributed by atoms with Crippen molar-refractivity contribution in [2.24, 2.45) is 0 Å². The van der Waals surface area contributed by atoms with E-state index in [1.165, 1.54) is 5.56 Å². The van der Waals surface area contributed by atoms with Crippen molar-refractivity contribution in [3.8, 4) is 0 Å². The van der Waals surface area contributed by atoms with Crippen molar-refractivity contribution in [1.82, 2.24) is 20.0 Å². The van der Waals surface area contributed by atoms with Crippen molar-refractivity contribution in [3.05, 3.63) is 47.7 Å². The average molecular weight is 370 g/mol. The van der Waals surface area contributed by atoms with Gasteiger partial charge in [-0.1, -0.05) is 37.3 Å². The van der Waals surface area contributed by atoms with Gasteiger partial charge >= 0.3 is 6.09 Å². The molecule has 144 valence electrons. The molecule has 2 aliphatic rings. The molecule has 4 rings (SSSR count). The Morgan fingerprint density at radius 2 is 1.93 bits per heavy atom. The summed E-state index contributed by atoms with van der Waals surface area (Å²) in [6.45, 7) is 7.69. The molecular weight excluding hydrogens is 344 g/mol. The lowest BCUT2D eigenvalue weighted by Gasteiger charge is -2.36. The van der Waals surface area contributed by atoms with Crippen LogP contribution in [0.3, 0.4) is 0 Å². The number of benzene rings is 1. The first-order chi connectivity index (χ1) is 13.0. The Bertz CT molecular complexity index is 784. The van der Waals surface area contributed by atoms with E-state index >= 15 is 0 Å². The molecule has 0 radical (unpaired) electrons. The fourth-order valence-corrected chi connectivity index (χ4v) is 4.02. The molecule has 0 N–H and O–H groups in total. The van der Waals surface area contributed by atoms with Crippen LogP contribution in [0.5, 0.6) is 0 Å². The van der Waals surface area contributed by atoms with Crippen LogP contribution < -0.4 is 0 Å². The van der Waals surface area contributed by atoms with Crippen molar-refractivity contribution in [2.45, 2.75) is 44.8 Å². The van der Waals surface area contributed by atoms with Gasteiger partial charge in [0, 0.05) is 39.4 Å². The van der Waals surface area contributed by atoms with E-state index in [2.05, 4.69) is 34.2 Å². The number of carbonyl (C=O) groups excluding carboxylic acids is 1. The fraction of sp³-hybridized carbons (Fsp3) is 0.550. The maximum Gasteiger partial charge on any atom is 0.410 e. The van der Waals surface area contributed by atoms with Gasteiger partial charge in [-0.25, -0.2) is 4.79 Å². The second kappa shape index (κ2) is 7.31. The third kappa shape index (κ3) is 3.98. The molecule has 0 unspecified atom stereocenters. The first-order valence-corrected chi connectivity index (χ1v) is 9.57. The molecule has 7 nitrogen and oxygen atoms in total. The zero-order valence-electron chi connectivity index (χ0n) is 15.9. The number of rotatable bonds is 5. The second-order valence-corrected chi connectivity index (χ2v) is 7.73. The van der Waals surface area contributed by atoms with E-state index in [1.807, 2.05) is 23.1 Å². The van der Waals surface area contributed by atoms with Gasteiger partial charge in [0.1, 0.15) is 5.60 Å². The van der Waals surface area contributed by atoms with Gasteiger partial charge in [0.25, 0.3) is 0 Å². The van der Waals surface area contributed by atoms with Gasteiger partial charge in [0.05, 0.1) is 13.1 Å². The Morgan fingerprint density at radius 3 is 2.59 bits per heavy atom. The van der Waals surface area contributed by atoms with Crippen molar-refractivity contribution < 1.29 is 13.9 Å². The Labute approximate surface area is 159 Å². The lowest BCUT2D eigenvalue weighted by atomic mass is 9.91. The summed E-state index contributed by atoms with van der Waals surface area (Å²) >= 11 is 0. The number of carbonyl (C=O) groups is 1. The Kier molecular flexibility index (Phi) is 4.86. The van der Waals surface area contributed by atoms with Crippen LogP contribution in [0.15, 0.2) is 34.7 Å². The quantitative estimate of drug-likeness (QED) is 0.806. The summed E-state index contributed by atoms with van der Waals surface area (Å²) < 4.78 is 11.3. The monoisotopic (exact) mass is 370 g/mol. The number of ether oxygens (including phenoxy) is 1. The highest BCUT2D eigenvalue weighted by molar-refractivity contribution is 5.70. The number of amides is 1. The van der Waals surface area contributed by atoms with E-state index in [0.29, 0.717) is 31.4 Å². The SMILES string of the molecule is Cc1nnc(CN2CCC3(CC2)CN(C[C@@H](C)c2ccccc2)C(=O)O3)o1. The number of aryl methyl sites for hydroxylation is 1. The Hall–Kier alpha value is -2.41. The smallest absolute Gasteiger partial charge is 0.410 e. The maximum atomic E-state index is 12.4. The molecule has 1 aromatic heterocycles. The first kappa shape index (κ1) is 18.0. The van der Waals surface area contributed by atoms with Crippen LogP contribution in [-0.2, 0) is 11.3 Å². The van der Waals surface area contributed by atoms with Crippen LogP contribution in [0.25, 0.3) is 0 Å². The van der Waals surface area contributed by atoms with Gasteiger partial charge in [-0.2, -0.15) is 0 Å². The van der Waals surface area contributed by atoms with E-state index < -0.39 is 0 Å². The lowest BCUT2D eigenvalue weighted by molar-refractivity contribution is -0.00304. The molecule has 1 aromatic carbocycles. The molecule has 27 heavy (non-hydrogen) atoms. The summed E-state index contributed by atoms with van der Waals surface area (Å²) in [5.41, 5.74) is 0.894. The molecule has 0 saturated carbocycles. The minimum atomic E-state index is -0.352. The molecular formula is C20H26N4O3. The van der Waals surface area contributed by atoms with Gasteiger partial charge in [-0.05, 0) is 11.5 Å². The van der Waals surface area contributed by atoms with Crippen LogP contribution in [-0.4, -0.2) is 57.9 Å². The van der Waals surface area contributed by atoms with Gasteiger partial charge in [0.2, 0.25) is 11.8 Å². The average Bonchev–Trinajstić information content (AvgIpc) is 3.21. The molecule has 2 aliphatic heterocycles. The van der Waals surface area contributed by atoms with Crippen molar-refractivity contribution in [3.63, 3.8) is 0 Å². The topological polar surface area (TPSA) is 71.7 Å². The van der Waals surface area contributed by atoms with E-state index in [-0.39, 0.29) is 17.6 Å². The molecule has 0 aliphatic carbocycles. The second-order valence-electron chi connectivity index (χ2n) is 7.73. The van der Waals surface area contributed by atoms with Crippen molar-refractivity contribution in [1.29, 1.82) is 0 Å². The molecule has 7 heteroatoms. The van der Waals surface area contributed by atoms with Gasteiger partial charge < -0.3 is 14.1 Å². The van der Waals surface area contributed by atoms with Crippen LogP contribution in [0.1, 0.15) is 43.0 Å². The summed E-state index contributed by atoms with van der Waals surface area (Å²) in [7, 11) is 0. The largest absolute Gasteiger partial charge is 0.441 e. The zero-order valence-corrected chi connectivity index (χ0v) is 15.9. The molecule has 2 fully saturated rings. The predicted octanol–water partition coefficient (Wildman–Crippen LogP) is 2.97. The summed E-state index contributed by atoms with van der Waals surface area (Å²) in [6, 6.07) is 10.3. The highest BCUT2D eigenvalue weighted by atomic mass is 16.6. The highest BCUT2D eigenvalue weighted by Crippen LogP contribution is 2.34. The highest BCUT2D eigenvalue weighted by Gasteiger charge is 2.47.